The van der Waals surface area contributed by atoms with Crippen LogP contribution in [0.2, 0.25) is 0 Å². The minimum atomic E-state index is 0.0211. The van der Waals surface area contributed by atoms with Gasteiger partial charge in [0.05, 0.1) is 5.69 Å². The molecule has 0 saturated heterocycles. The van der Waals surface area contributed by atoms with E-state index in [4.69, 9.17) is 0 Å². The van der Waals surface area contributed by atoms with Crippen LogP contribution in [0.3, 0.4) is 0 Å². The van der Waals surface area contributed by atoms with Crippen molar-refractivity contribution in [2.24, 2.45) is 0 Å². The van der Waals surface area contributed by atoms with Crippen molar-refractivity contribution in [3.05, 3.63) is 47.8 Å². The van der Waals surface area contributed by atoms with E-state index in [0.29, 0.717) is 11.6 Å². The highest BCUT2D eigenvalue weighted by atomic mass is 32.1. The van der Waals surface area contributed by atoms with E-state index >= 15 is 0 Å². The molecule has 0 aliphatic carbocycles. The molecule has 3 aromatic rings. The normalized spacial score (nSPS) is 11.2. The maximum atomic E-state index is 12.1. The summed E-state index contributed by atoms with van der Waals surface area (Å²) in [6, 6.07) is 14.6. The third-order valence-corrected chi connectivity index (χ3v) is 5.17. The molecule has 26 heavy (non-hydrogen) atoms. The van der Waals surface area contributed by atoms with Crippen molar-refractivity contribution >= 4 is 33.1 Å². The van der Waals surface area contributed by atoms with Gasteiger partial charge in [-0.05, 0) is 36.9 Å². The summed E-state index contributed by atoms with van der Waals surface area (Å²) >= 11 is 1.47. The number of hydrogen-bond acceptors (Lipinski definition) is 4. The van der Waals surface area contributed by atoms with Gasteiger partial charge >= 0.3 is 0 Å². The Hall–Kier alpha value is -2.24. The maximum Gasteiger partial charge on any atom is 0.227 e. The molecule has 136 valence electrons. The zero-order valence-electron chi connectivity index (χ0n) is 15.4. The van der Waals surface area contributed by atoms with E-state index in [0.717, 1.165) is 24.3 Å². The minimum absolute atomic E-state index is 0.0211. The second kappa shape index (κ2) is 8.92. The van der Waals surface area contributed by atoms with Gasteiger partial charge in [-0.3, -0.25) is 4.79 Å². The molecular weight excluding hydrogens is 342 g/mol. The molecule has 1 aromatic heterocycles. The molecule has 0 unspecified atom stereocenters. The summed E-state index contributed by atoms with van der Waals surface area (Å²) in [5, 5.41) is 7.99. The summed E-state index contributed by atoms with van der Waals surface area (Å²) in [7, 11) is 2.06. The summed E-state index contributed by atoms with van der Waals surface area (Å²) < 4.78 is 0. The van der Waals surface area contributed by atoms with Gasteiger partial charge in [0.2, 0.25) is 5.91 Å². The number of nitrogens with zero attached hydrogens (tertiary/aromatic N) is 2. The van der Waals surface area contributed by atoms with Gasteiger partial charge in [-0.15, -0.1) is 11.3 Å². The third kappa shape index (κ3) is 4.90. The Morgan fingerprint density at radius 2 is 1.96 bits per heavy atom. The number of thiazole rings is 1. The van der Waals surface area contributed by atoms with Crippen LogP contribution in [0.4, 0.5) is 5.13 Å². The molecule has 1 amide bonds. The molecule has 0 spiro atoms. The van der Waals surface area contributed by atoms with E-state index in [1.54, 1.807) is 0 Å². The van der Waals surface area contributed by atoms with Crippen LogP contribution in [0, 0.1) is 0 Å². The van der Waals surface area contributed by atoms with Gasteiger partial charge in [0.25, 0.3) is 0 Å². The van der Waals surface area contributed by atoms with E-state index in [2.05, 4.69) is 59.5 Å². The van der Waals surface area contributed by atoms with Crippen LogP contribution in [0.25, 0.3) is 22.0 Å². The first-order valence-electron chi connectivity index (χ1n) is 9.09. The molecule has 4 nitrogen and oxygen atoms in total. The third-order valence-electron chi connectivity index (χ3n) is 4.41. The highest BCUT2D eigenvalue weighted by Crippen LogP contribution is 2.27. The average molecular weight is 368 g/mol. The van der Waals surface area contributed by atoms with Crippen LogP contribution in [-0.2, 0) is 4.79 Å². The van der Waals surface area contributed by atoms with Crippen LogP contribution in [-0.4, -0.2) is 35.9 Å². The first-order chi connectivity index (χ1) is 12.7. The maximum absolute atomic E-state index is 12.1. The fourth-order valence-electron chi connectivity index (χ4n) is 2.83. The minimum Gasteiger partial charge on any atom is -0.306 e. The van der Waals surface area contributed by atoms with Crippen molar-refractivity contribution < 1.29 is 4.79 Å². The molecular formula is C21H25N3OS. The van der Waals surface area contributed by atoms with Gasteiger partial charge < -0.3 is 10.2 Å². The van der Waals surface area contributed by atoms with Crippen LogP contribution in [0.15, 0.2) is 47.8 Å². The first kappa shape index (κ1) is 18.5. The van der Waals surface area contributed by atoms with Crippen molar-refractivity contribution in [3.8, 4) is 11.3 Å². The highest BCUT2D eigenvalue weighted by molar-refractivity contribution is 7.14. The zero-order chi connectivity index (χ0) is 18.4. The van der Waals surface area contributed by atoms with E-state index in [1.807, 2.05) is 17.5 Å². The number of anilines is 1. The van der Waals surface area contributed by atoms with Crippen molar-refractivity contribution in [2.45, 2.75) is 26.2 Å². The number of unbranched alkanes of at least 4 members (excludes halogenated alkanes) is 1. The lowest BCUT2D eigenvalue weighted by molar-refractivity contribution is -0.116. The summed E-state index contributed by atoms with van der Waals surface area (Å²) in [6.45, 7) is 3.98. The quantitative estimate of drug-likeness (QED) is 0.608. The Kier molecular flexibility index (Phi) is 6.36. The lowest BCUT2D eigenvalue weighted by Crippen LogP contribution is -2.25. The van der Waals surface area contributed by atoms with Gasteiger partial charge in [-0.25, -0.2) is 4.98 Å². The second-order valence-electron chi connectivity index (χ2n) is 6.55. The smallest absolute Gasteiger partial charge is 0.227 e. The first-order valence-corrected chi connectivity index (χ1v) is 9.97. The number of fused-ring (bicyclic) bond motifs is 1. The molecule has 3 rings (SSSR count). The standard InChI is InChI=1S/C21H25N3OS/c1-3-4-12-24(2)13-11-20(25)23-21-22-19(15-26-21)18-10-9-16-7-5-6-8-17(16)14-18/h5-10,14-15H,3-4,11-13H2,1-2H3,(H,22,23,25). The molecule has 2 aromatic carbocycles. The number of benzene rings is 2. The molecule has 0 bridgehead atoms. The number of aromatic nitrogens is 1. The molecule has 0 atom stereocenters. The molecule has 0 radical (unpaired) electrons. The summed E-state index contributed by atoms with van der Waals surface area (Å²) in [5.74, 6) is 0.0211. The molecule has 1 N–H and O–H groups in total. The Labute approximate surface area is 158 Å². The van der Waals surface area contributed by atoms with Crippen LogP contribution in [0.1, 0.15) is 26.2 Å². The predicted molar refractivity (Wildman–Crippen MR) is 111 cm³/mol. The Balaban J connectivity index is 1.59. The van der Waals surface area contributed by atoms with Gasteiger partial charge in [0.1, 0.15) is 0 Å². The van der Waals surface area contributed by atoms with E-state index < -0.39 is 0 Å². The molecule has 5 heteroatoms. The van der Waals surface area contributed by atoms with Gasteiger partial charge in [-0.2, -0.15) is 0 Å². The number of hydrogen-bond donors (Lipinski definition) is 1. The van der Waals surface area contributed by atoms with E-state index in [-0.39, 0.29) is 5.91 Å². The molecule has 1 heterocycles. The zero-order valence-corrected chi connectivity index (χ0v) is 16.2. The summed E-state index contributed by atoms with van der Waals surface area (Å²) in [4.78, 5) is 18.9. The Bertz CT molecular complexity index is 874. The van der Waals surface area contributed by atoms with E-state index in [1.165, 1.54) is 35.0 Å². The highest BCUT2D eigenvalue weighted by Gasteiger charge is 2.09. The van der Waals surface area contributed by atoms with Crippen LogP contribution < -0.4 is 5.32 Å². The van der Waals surface area contributed by atoms with Crippen LogP contribution >= 0.6 is 11.3 Å². The monoisotopic (exact) mass is 367 g/mol. The molecule has 0 aliphatic rings. The largest absolute Gasteiger partial charge is 0.306 e. The fraction of sp³-hybridized carbons (Fsp3) is 0.333. The van der Waals surface area contributed by atoms with Crippen molar-refractivity contribution in [1.29, 1.82) is 0 Å². The lowest BCUT2D eigenvalue weighted by atomic mass is 10.1. The number of carbonyl (C=O) groups excluding carboxylic acids is 1. The van der Waals surface area contributed by atoms with Gasteiger partial charge in [0, 0.05) is 23.9 Å². The Morgan fingerprint density at radius 3 is 2.77 bits per heavy atom. The number of nitrogens with one attached hydrogen (secondary N) is 1. The van der Waals surface area contributed by atoms with Crippen molar-refractivity contribution in [3.63, 3.8) is 0 Å². The SMILES string of the molecule is CCCCN(C)CCC(=O)Nc1nc(-c2ccc3ccccc3c2)cs1. The van der Waals surface area contributed by atoms with Gasteiger partial charge in [-0.1, -0.05) is 49.7 Å². The summed E-state index contributed by atoms with van der Waals surface area (Å²) in [6.07, 6.45) is 2.83. The topological polar surface area (TPSA) is 45.2 Å². The number of rotatable bonds is 8. The fourth-order valence-corrected chi connectivity index (χ4v) is 3.56. The van der Waals surface area contributed by atoms with Crippen molar-refractivity contribution in [2.75, 3.05) is 25.5 Å². The van der Waals surface area contributed by atoms with Gasteiger partial charge in [0.15, 0.2) is 5.13 Å². The van der Waals surface area contributed by atoms with Crippen molar-refractivity contribution in [1.82, 2.24) is 9.88 Å². The predicted octanol–water partition coefficient (Wildman–Crippen LogP) is 5.02. The van der Waals surface area contributed by atoms with Crippen LogP contribution in [0.5, 0.6) is 0 Å². The van der Waals surface area contributed by atoms with E-state index in [9.17, 15) is 4.79 Å². The Morgan fingerprint density at radius 1 is 1.15 bits per heavy atom. The molecule has 0 aliphatic heterocycles. The molecule has 0 saturated carbocycles. The number of carbonyl (C=O) groups is 1. The number of amides is 1. The molecule has 0 fully saturated rings. The summed E-state index contributed by atoms with van der Waals surface area (Å²) in [5.41, 5.74) is 1.97. The lowest BCUT2D eigenvalue weighted by Gasteiger charge is -2.15. The average Bonchev–Trinajstić information content (AvgIpc) is 3.12. The second-order valence-corrected chi connectivity index (χ2v) is 7.41.